The molecule has 7 heteroatoms. The third-order valence-electron chi connectivity index (χ3n) is 4.63. The van der Waals surface area contributed by atoms with Crippen LogP contribution in [0.15, 0.2) is 10.5 Å². The topological polar surface area (TPSA) is 79.6 Å². The van der Waals surface area contributed by atoms with Gasteiger partial charge in [0.05, 0.1) is 16.5 Å². The summed E-state index contributed by atoms with van der Waals surface area (Å²) in [5, 5.41) is 2.93. The van der Waals surface area contributed by atoms with Gasteiger partial charge in [-0.15, -0.1) is 0 Å². The zero-order valence-corrected chi connectivity index (χ0v) is 15.3. The van der Waals surface area contributed by atoms with Gasteiger partial charge in [-0.05, 0) is 47.1 Å². The summed E-state index contributed by atoms with van der Waals surface area (Å²) < 4.78 is 29.1. The van der Waals surface area contributed by atoms with Gasteiger partial charge < -0.3 is 14.6 Å². The maximum Gasteiger partial charge on any atom is 0.317 e. The molecule has 1 aromatic heterocycles. The van der Waals surface area contributed by atoms with E-state index in [0.29, 0.717) is 13.0 Å². The molecule has 2 heterocycles. The van der Waals surface area contributed by atoms with E-state index < -0.39 is 14.6 Å². The van der Waals surface area contributed by atoms with Crippen LogP contribution in [0.3, 0.4) is 0 Å². The van der Waals surface area contributed by atoms with Crippen LogP contribution in [0.25, 0.3) is 0 Å². The first-order valence-electron chi connectivity index (χ1n) is 7.88. The van der Waals surface area contributed by atoms with Crippen molar-refractivity contribution in [2.75, 3.05) is 18.8 Å². The van der Waals surface area contributed by atoms with Gasteiger partial charge in [-0.2, -0.15) is 0 Å². The highest BCUT2D eigenvalue weighted by Crippen LogP contribution is 2.26. The molecule has 1 aliphatic heterocycles. The van der Waals surface area contributed by atoms with Crippen molar-refractivity contribution in [1.82, 2.24) is 10.2 Å². The summed E-state index contributed by atoms with van der Waals surface area (Å²) in [6.07, 6.45) is 0.445. The molecule has 1 atom stereocenters. The molecule has 1 fully saturated rings. The summed E-state index contributed by atoms with van der Waals surface area (Å²) in [4.78, 5) is 14.1. The molecular weight excluding hydrogens is 316 g/mol. The average molecular weight is 342 g/mol. The van der Waals surface area contributed by atoms with Gasteiger partial charge in [-0.1, -0.05) is 0 Å². The Morgan fingerprint density at radius 3 is 2.57 bits per heavy atom. The van der Waals surface area contributed by atoms with Crippen LogP contribution < -0.4 is 5.32 Å². The molecule has 0 saturated carbocycles. The number of carbonyl (C=O) groups is 1. The molecule has 1 saturated heterocycles. The highest BCUT2D eigenvalue weighted by Gasteiger charge is 2.38. The fraction of sp³-hybridized carbons (Fsp3) is 0.688. The molecule has 2 rings (SSSR count). The van der Waals surface area contributed by atoms with Crippen molar-refractivity contribution in [2.24, 2.45) is 0 Å². The van der Waals surface area contributed by atoms with Gasteiger partial charge in [0.1, 0.15) is 11.5 Å². The Bertz CT molecular complexity index is 691. The van der Waals surface area contributed by atoms with E-state index in [1.807, 2.05) is 26.8 Å². The van der Waals surface area contributed by atoms with Crippen LogP contribution in [0.5, 0.6) is 0 Å². The normalized spacial score (nSPS) is 21.5. The lowest BCUT2D eigenvalue weighted by Gasteiger charge is -2.24. The monoisotopic (exact) mass is 342 g/mol. The van der Waals surface area contributed by atoms with Gasteiger partial charge in [-0.3, -0.25) is 0 Å². The number of urea groups is 1. The van der Waals surface area contributed by atoms with Gasteiger partial charge in [0.15, 0.2) is 9.84 Å². The van der Waals surface area contributed by atoms with Crippen molar-refractivity contribution < 1.29 is 17.6 Å². The zero-order chi connectivity index (χ0) is 17.4. The summed E-state index contributed by atoms with van der Waals surface area (Å²) in [6.45, 7) is 9.75. The fourth-order valence-electron chi connectivity index (χ4n) is 2.82. The first kappa shape index (κ1) is 17.8. The summed E-state index contributed by atoms with van der Waals surface area (Å²) in [5.74, 6) is 1.60. The van der Waals surface area contributed by atoms with E-state index in [1.165, 1.54) is 0 Å². The third kappa shape index (κ3) is 3.71. The number of furan rings is 1. The van der Waals surface area contributed by atoms with Crippen molar-refractivity contribution in [3.63, 3.8) is 0 Å². The second-order valence-corrected chi connectivity index (χ2v) is 9.60. The predicted molar refractivity (Wildman–Crippen MR) is 89.2 cm³/mol. The maximum atomic E-state index is 12.5. The third-order valence-corrected chi connectivity index (χ3v) is 7.24. The number of hydrogen-bond donors (Lipinski definition) is 1. The molecule has 1 aliphatic rings. The molecule has 1 aromatic rings. The largest absolute Gasteiger partial charge is 0.466 e. The number of amides is 2. The predicted octanol–water partition coefficient (Wildman–Crippen LogP) is 2.57. The van der Waals surface area contributed by atoms with E-state index in [2.05, 4.69) is 5.32 Å². The second-order valence-electron chi connectivity index (χ2n) is 6.86. The number of nitrogens with one attached hydrogen (secondary N) is 1. The minimum atomic E-state index is -3.18. The van der Waals surface area contributed by atoms with Crippen LogP contribution in [-0.2, 0) is 9.84 Å². The van der Waals surface area contributed by atoms with Crippen molar-refractivity contribution >= 4 is 15.9 Å². The molecule has 0 spiro atoms. The first-order chi connectivity index (χ1) is 10.5. The lowest BCUT2D eigenvalue weighted by Crippen LogP contribution is -2.42. The Balaban J connectivity index is 2.05. The van der Waals surface area contributed by atoms with E-state index in [4.69, 9.17) is 4.42 Å². The number of hydrogen-bond acceptors (Lipinski definition) is 4. The van der Waals surface area contributed by atoms with Crippen LogP contribution in [0.2, 0.25) is 0 Å². The van der Waals surface area contributed by atoms with E-state index in [9.17, 15) is 13.2 Å². The quantitative estimate of drug-likeness (QED) is 0.896. The lowest BCUT2D eigenvalue weighted by molar-refractivity contribution is 0.197. The fourth-order valence-corrected chi connectivity index (χ4v) is 4.23. The van der Waals surface area contributed by atoms with Crippen molar-refractivity contribution in [3.05, 3.63) is 23.2 Å². The Morgan fingerprint density at radius 1 is 1.35 bits per heavy atom. The maximum absolute atomic E-state index is 12.5. The molecule has 23 heavy (non-hydrogen) atoms. The van der Waals surface area contributed by atoms with Crippen LogP contribution in [0.4, 0.5) is 4.79 Å². The summed E-state index contributed by atoms with van der Waals surface area (Å²) in [5.41, 5.74) is 0.943. The number of carbonyl (C=O) groups excluding carboxylic acids is 1. The smallest absolute Gasteiger partial charge is 0.317 e. The van der Waals surface area contributed by atoms with Crippen LogP contribution >= 0.6 is 0 Å². The molecule has 0 aliphatic carbocycles. The Morgan fingerprint density at radius 2 is 2.00 bits per heavy atom. The Hall–Kier alpha value is -1.50. The highest BCUT2D eigenvalue weighted by atomic mass is 32.2. The molecule has 0 unspecified atom stereocenters. The van der Waals surface area contributed by atoms with Gasteiger partial charge in [-0.25, -0.2) is 13.2 Å². The molecule has 0 aromatic carbocycles. The van der Waals surface area contributed by atoms with E-state index in [0.717, 1.165) is 17.1 Å². The highest BCUT2D eigenvalue weighted by molar-refractivity contribution is 7.92. The molecule has 6 nitrogen and oxygen atoms in total. The average Bonchev–Trinajstić information content (AvgIpc) is 2.71. The lowest BCUT2D eigenvalue weighted by atomic mass is 10.1. The van der Waals surface area contributed by atoms with E-state index in [1.54, 1.807) is 18.7 Å². The van der Waals surface area contributed by atoms with Gasteiger partial charge in [0.2, 0.25) is 0 Å². The van der Waals surface area contributed by atoms with Crippen LogP contribution in [0.1, 0.15) is 50.3 Å². The van der Waals surface area contributed by atoms with E-state index in [-0.39, 0.29) is 24.4 Å². The summed E-state index contributed by atoms with van der Waals surface area (Å²) in [6, 6.07) is 1.49. The van der Waals surface area contributed by atoms with Crippen molar-refractivity contribution in [1.29, 1.82) is 0 Å². The standard InChI is InChI=1S/C16H26N2O4S/c1-11-10-14(13(3)22-11)12(2)17-15(19)18-7-6-16(4,5)23(20,21)9-8-18/h10,12H,6-9H2,1-5H3,(H,17,19)/t12-/m0/s1. The van der Waals surface area contributed by atoms with Crippen LogP contribution in [-0.4, -0.2) is 42.9 Å². The number of sulfone groups is 1. The molecule has 0 radical (unpaired) electrons. The van der Waals surface area contributed by atoms with E-state index >= 15 is 0 Å². The first-order valence-corrected chi connectivity index (χ1v) is 9.53. The van der Waals surface area contributed by atoms with Crippen LogP contribution in [0, 0.1) is 13.8 Å². The van der Waals surface area contributed by atoms with Gasteiger partial charge in [0, 0.05) is 18.7 Å². The molecule has 1 N–H and O–H groups in total. The Labute approximate surface area is 138 Å². The number of rotatable bonds is 2. The molecular formula is C16H26N2O4S. The van der Waals surface area contributed by atoms with Gasteiger partial charge in [0.25, 0.3) is 0 Å². The zero-order valence-electron chi connectivity index (χ0n) is 14.5. The molecule has 2 amide bonds. The van der Waals surface area contributed by atoms with Crippen molar-refractivity contribution in [3.8, 4) is 0 Å². The molecule has 0 bridgehead atoms. The summed E-state index contributed by atoms with van der Waals surface area (Å²) >= 11 is 0. The van der Waals surface area contributed by atoms with Gasteiger partial charge >= 0.3 is 6.03 Å². The van der Waals surface area contributed by atoms with Crippen molar-refractivity contribution in [2.45, 2.75) is 51.8 Å². The SMILES string of the molecule is Cc1cc([C@H](C)NC(=O)N2CCC(C)(C)S(=O)(=O)CC2)c(C)o1. The minimum Gasteiger partial charge on any atom is -0.466 e. The Kier molecular flexibility index (Phi) is 4.80. The minimum absolute atomic E-state index is 0.00560. The second kappa shape index (κ2) is 6.19. The number of nitrogens with zero attached hydrogens (tertiary/aromatic N) is 1. The number of aryl methyl sites for hydroxylation is 2. The molecule has 130 valence electrons. The summed E-state index contributed by atoms with van der Waals surface area (Å²) in [7, 11) is -3.18.